The number of nitrogens with one attached hydrogen (secondary N) is 1. The Balaban J connectivity index is 2.45. The van der Waals surface area contributed by atoms with Crippen molar-refractivity contribution >= 4 is 12.0 Å². The van der Waals surface area contributed by atoms with Crippen LogP contribution in [0.2, 0.25) is 0 Å². The van der Waals surface area contributed by atoms with Crippen LogP contribution in [-0.2, 0) is 14.3 Å². The van der Waals surface area contributed by atoms with Crippen molar-refractivity contribution in [3.8, 4) is 0 Å². The Morgan fingerprint density at radius 1 is 1.33 bits per heavy atom. The lowest BCUT2D eigenvalue weighted by Crippen LogP contribution is -2.48. The smallest absolute Gasteiger partial charge is 0.407 e. The maximum atomic E-state index is 11.9. The zero-order valence-corrected chi connectivity index (χ0v) is 13.8. The van der Waals surface area contributed by atoms with Crippen molar-refractivity contribution in [2.24, 2.45) is 11.8 Å². The van der Waals surface area contributed by atoms with Gasteiger partial charge in [0.1, 0.15) is 12.2 Å². The Morgan fingerprint density at radius 2 is 2.00 bits per heavy atom. The Morgan fingerprint density at radius 3 is 2.57 bits per heavy atom. The van der Waals surface area contributed by atoms with Crippen molar-refractivity contribution in [1.82, 2.24) is 10.2 Å². The highest BCUT2D eigenvalue weighted by atomic mass is 16.6. The van der Waals surface area contributed by atoms with Crippen molar-refractivity contribution < 1.29 is 19.1 Å². The first kappa shape index (κ1) is 17.8. The summed E-state index contributed by atoms with van der Waals surface area (Å²) >= 11 is 0. The fourth-order valence-electron chi connectivity index (χ4n) is 2.39. The molecule has 2 atom stereocenters. The van der Waals surface area contributed by atoms with Crippen molar-refractivity contribution in [2.45, 2.75) is 39.7 Å². The maximum absolute atomic E-state index is 11.9. The third-order valence-electron chi connectivity index (χ3n) is 3.64. The van der Waals surface area contributed by atoms with Gasteiger partial charge < -0.3 is 19.7 Å². The number of hydrogen-bond donors (Lipinski definition) is 1. The zero-order valence-electron chi connectivity index (χ0n) is 13.8. The predicted octanol–water partition coefficient (Wildman–Crippen LogP) is 1.64. The number of hydrogen-bond acceptors (Lipinski definition) is 4. The van der Waals surface area contributed by atoms with E-state index < -0.39 is 11.7 Å². The summed E-state index contributed by atoms with van der Waals surface area (Å²) in [4.78, 5) is 25.4. The van der Waals surface area contributed by atoms with Crippen molar-refractivity contribution in [3.05, 3.63) is 0 Å². The summed E-state index contributed by atoms with van der Waals surface area (Å²) in [6.07, 6.45) is 0.533. The number of nitrogens with zero attached hydrogens (tertiary/aromatic N) is 1. The molecule has 0 aromatic heterocycles. The van der Waals surface area contributed by atoms with Gasteiger partial charge in [-0.1, -0.05) is 6.92 Å². The highest BCUT2D eigenvalue weighted by Gasteiger charge is 2.29. The molecule has 0 aliphatic carbocycles. The van der Waals surface area contributed by atoms with Crippen molar-refractivity contribution in [1.29, 1.82) is 0 Å². The van der Waals surface area contributed by atoms with E-state index in [0.717, 1.165) is 13.0 Å². The molecule has 1 heterocycles. The lowest BCUT2D eigenvalue weighted by Gasteiger charge is -2.37. The zero-order chi connectivity index (χ0) is 16.0. The first-order chi connectivity index (χ1) is 9.73. The summed E-state index contributed by atoms with van der Waals surface area (Å²) in [6.45, 7) is 9.70. The molecule has 2 amide bonds. The van der Waals surface area contributed by atoms with Gasteiger partial charge in [0.05, 0.1) is 0 Å². The Hall–Kier alpha value is -1.30. The van der Waals surface area contributed by atoms with E-state index in [1.54, 1.807) is 0 Å². The molecule has 1 rings (SSSR count). The van der Waals surface area contributed by atoms with Crippen LogP contribution in [0.5, 0.6) is 0 Å². The Bertz CT molecular complexity index is 365. The Kier molecular flexibility index (Phi) is 6.45. The molecule has 1 aliphatic rings. The number of rotatable bonds is 4. The second-order valence-corrected chi connectivity index (χ2v) is 6.68. The summed E-state index contributed by atoms with van der Waals surface area (Å²) in [5.41, 5.74) is -0.497. The summed E-state index contributed by atoms with van der Waals surface area (Å²) in [5.74, 6) is 0.713. The molecule has 0 spiro atoms. The molecule has 0 radical (unpaired) electrons. The van der Waals surface area contributed by atoms with Crippen LogP contribution in [0, 0.1) is 11.8 Å². The van der Waals surface area contributed by atoms with E-state index in [1.807, 2.05) is 25.7 Å². The molecule has 1 saturated heterocycles. The third kappa shape index (κ3) is 6.33. The minimum atomic E-state index is -0.497. The number of carbonyl (C=O) groups is 2. The minimum Gasteiger partial charge on any atom is -0.444 e. The van der Waals surface area contributed by atoms with Gasteiger partial charge in [-0.15, -0.1) is 0 Å². The van der Waals surface area contributed by atoms with E-state index in [0.29, 0.717) is 19.0 Å². The second-order valence-electron chi connectivity index (χ2n) is 6.68. The molecule has 1 aliphatic heterocycles. The average Bonchev–Trinajstić information content (AvgIpc) is 2.36. The van der Waals surface area contributed by atoms with Crippen LogP contribution >= 0.6 is 0 Å². The molecule has 1 N–H and O–H groups in total. The summed E-state index contributed by atoms with van der Waals surface area (Å²) < 4.78 is 10.1. The van der Waals surface area contributed by atoms with Crippen LogP contribution in [0.1, 0.15) is 34.1 Å². The van der Waals surface area contributed by atoms with E-state index in [2.05, 4.69) is 12.2 Å². The first-order valence-electron chi connectivity index (χ1n) is 7.46. The third-order valence-corrected chi connectivity index (χ3v) is 3.64. The van der Waals surface area contributed by atoms with Crippen LogP contribution in [0.25, 0.3) is 0 Å². The van der Waals surface area contributed by atoms with Gasteiger partial charge in [0.2, 0.25) is 5.91 Å². The van der Waals surface area contributed by atoms with E-state index in [9.17, 15) is 9.59 Å². The van der Waals surface area contributed by atoms with E-state index in [-0.39, 0.29) is 18.4 Å². The molecule has 0 aromatic rings. The van der Waals surface area contributed by atoms with Gasteiger partial charge in [-0.05, 0) is 39.0 Å². The minimum absolute atomic E-state index is 0.00617. The average molecular weight is 300 g/mol. The molecule has 6 heteroatoms. The molecular formula is C15H28N2O4. The number of alkyl carbamates (subject to hydrolysis) is 1. The van der Waals surface area contributed by atoms with E-state index in [1.165, 1.54) is 7.11 Å². The number of piperidine rings is 1. The normalized spacial score (nSPS) is 22.8. The topological polar surface area (TPSA) is 67.9 Å². The molecule has 0 unspecified atom stereocenters. The van der Waals surface area contributed by atoms with Crippen LogP contribution in [0.3, 0.4) is 0 Å². The van der Waals surface area contributed by atoms with Crippen LogP contribution in [0.4, 0.5) is 4.79 Å². The molecule has 1 fully saturated rings. The largest absolute Gasteiger partial charge is 0.444 e. The van der Waals surface area contributed by atoms with Crippen LogP contribution in [-0.4, -0.2) is 55.9 Å². The quantitative estimate of drug-likeness (QED) is 0.857. The molecule has 0 aromatic carbocycles. The summed E-state index contributed by atoms with van der Waals surface area (Å²) in [6, 6.07) is 0. The highest BCUT2D eigenvalue weighted by Crippen LogP contribution is 2.22. The monoisotopic (exact) mass is 300 g/mol. The number of methoxy groups -OCH3 is 1. The number of ether oxygens (including phenoxy) is 2. The summed E-state index contributed by atoms with van der Waals surface area (Å²) in [7, 11) is 1.52. The Labute approximate surface area is 127 Å². The summed E-state index contributed by atoms with van der Waals surface area (Å²) in [5, 5.41) is 2.80. The van der Waals surface area contributed by atoms with Gasteiger partial charge in [-0.3, -0.25) is 4.79 Å². The van der Waals surface area contributed by atoms with Crippen LogP contribution < -0.4 is 5.32 Å². The van der Waals surface area contributed by atoms with Gasteiger partial charge in [0, 0.05) is 26.7 Å². The maximum Gasteiger partial charge on any atom is 0.407 e. The fraction of sp³-hybridized carbons (Fsp3) is 0.867. The van der Waals surface area contributed by atoms with Crippen molar-refractivity contribution in [3.63, 3.8) is 0 Å². The van der Waals surface area contributed by atoms with Gasteiger partial charge in [0.25, 0.3) is 0 Å². The van der Waals surface area contributed by atoms with E-state index >= 15 is 0 Å². The number of amides is 2. The molecule has 21 heavy (non-hydrogen) atoms. The number of likely N-dealkylation sites (tertiary alicyclic amines) is 1. The molecule has 6 nitrogen and oxygen atoms in total. The SMILES string of the molecule is COCC(=O)N1CC[C@@H](C)[C@H](CNC(=O)OC(C)(C)C)C1. The molecule has 122 valence electrons. The lowest BCUT2D eigenvalue weighted by molar-refractivity contribution is -0.137. The second kappa shape index (κ2) is 7.64. The van der Waals surface area contributed by atoms with Gasteiger partial charge in [0.15, 0.2) is 0 Å². The molecule has 0 bridgehead atoms. The van der Waals surface area contributed by atoms with Gasteiger partial charge in [-0.25, -0.2) is 4.79 Å². The highest BCUT2D eigenvalue weighted by molar-refractivity contribution is 5.77. The van der Waals surface area contributed by atoms with Gasteiger partial charge in [-0.2, -0.15) is 0 Å². The lowest BCUT2D eigenvalue weighted by atomic mass is 9.87. The van der Waals surface area contributed by atoms with Crippen LogP contribution in [0.15, 0.2) is 0 Å². The molecule has 0 saturated carbocycles. The number of carbonyl (C=O) groups excluding carboxylic acids is 2. The van der Waals surface area contributed by atoms with E-state index in [4.69, 9.17) is 9.47 Å². The predicted molar refractivity (Wildman–Crippen MR) is 80.0 cm³/mol. The fourth-order valence-corrected chi connectivity index (χ4v) is 2.39. The first-order valence-corrected chi connectivity index (χ1v) is 7.46. The van der Waals surface area contributed by atoms with Crippen molar-refractivity contribution in [2.75, 3.05) is 33.4 Å². The standard InChI is InChI=1S/C15H28N2O4/c1-11-6-7-17(13(18)10-20-5)9-12(11)8-16-14(19)21-15(2,3)4/h11-12H,6-10H2,1-5H3,(H,16,19)/t11-,12-/m1/s1. The van der Waals surface area contributed by atoms with Gasteiger partial charge >= 0.3 is 6.09 Å². The molecular weight excluding hydrogens is 272 g/mol.